The van der Waals surface area contributed by atoms with Crippen LogP contribution in [0.1, 0.15) is 5.69 Å². The quantitative estimate of drug-likeness (QED) is 0.695. The van der Waals surface area contributed by atoms with E-state index in [0.717, 1.165) is 5.56 Å². The molecule has 0 fully saturated rings. The van der Waals surface area contributed by atoms with Crippen LogP contribution in [-0.4, -0.2) is 28.3 Å². The number of oxazole rings is 1. The van der Waals surface area contributed by atoms with Crippen LogP contribution in [-0.2, 0) is 16.0 Å². The highest BCUT2D eigenvalue weighted by atomic mass is 16.3. The van der Waals surface area contributed by atoms with Crippen molar-refractivity contribution in [3.63, 3.8) is 0 Å². The van der Waals surface area contributed by atoms with Gasteiger partial charge in [0, 0.05) is 24.7 Å². The van der Waals surface area contributed by atoms with E-state index >= 15 is 0 Å². The lowest BCUT2D eigenvalue weighted by molar-refractivity contribution is -0.136. The molecule has 7 nitrogen and oxygen atoms in total. The highest BCUT2D eigenvalue weighted by Gasteiger charge is 2.13. The van der Waals surface area contributed by atoms with Gasteiger partial charge in [-0.2, -0.15) is 0 Å². The van der Waals surface area contributed by atoms with Gasteiger partial charge in [-0.3, -0.25) is 14.6 Å². The summed E-state index contributed by atoms with van der Waals surface area (Å²) < 4.78 is 5.42. The van der Waals surface area contributed by atoms with Crippen LogP contribution in [0.5, 0.6) is 0 Å². The Labute approximate surface area is 144 Å². The van der Waals surface area contributed by atoms with E-state index in [-0.39, 0.29) is 6.54 Å². The third kappa shape index (κ3) is 4.51. The van der Waals surface area contributed by atoms with E-state index in [1.54, 1.807) is 24.6 Å². The predicted octanol–water partition coefficient (Wildman–Crippen LogP) is 2.03. The number of benzene rings is 1. The molecule has 2 amide bonds. The monoisotopic (exact) mass is 336 g/mol. The molecular weight excluding hydrogens is 320 g/mol. The molecule has 7 heteroatoms. The first-order valence-corrected chi connectivity index (χ1v) is 7.71. The van der Waals surface area contributed by atoms with Crippen molar-refractivity contribution < 1.29 is 14.0 Å². The maximum atomic E-state index is 11.8. The molecule has 1 aromatic carbocycles. The van der Waals surface area contributed by atoms with Crippen LogP contribution in [0, 0.1) is 0 Å². The standard InChI is InChI=1S/C18H16N4O3/c23-16(17(24)21-14-7-4-9-19-11-14)20-10-8-15-12-25-18(22-15)13-5-2-1-3-6-13/h1-7,9,11-12H,8,10H2,(H,20,23)(H,21,24). The van der Waals surface area contributed by atoms with Crippen molar-refractivity contribution in [3.8, 4) is 11.5 Å². The summed E-state index contributed by atoms with van der Waals surface area (Å²) in [5.74, 6) is -0.926. The summed E-state index contributed by atoms with van der Waals surface area (Å²) >= 11 is 0. The lowest BCUT2D eigenvalue weighted by Gasteiger charge is -2.05. The first-order chi connectivity index (χ1) is 12.2. The largest absolute Gasteiger partial charge is 0.444 e. The van der Waals surface area contributed by atoms with Crippen LogP contribution < -0.4 is 10.6 Å². The molecule has 0 aliphatic carbocycles. The summed E-state index contributed by atoms with van der Waals surface area (Å²) in [6, 6.07) is 12.8. The van der Waals surface area contributed by atoms with Gasteiger partial charge in [-0.25, -0.2) is 4.98 Å². The Hall–Kier alpha value is -3.48. The molecule has 0 unspecified atom stereocenters. The second kappa shape index (κ2) is 7.87. The van der Waals surface area contributed by atoms with Crippen LogP contribution in [0.3, 0.4) is 0 Å². The topological polar surface area (TPSA) is 97.1 Å². The summed E-state index contributed by atoms with van der Waals surface area (Å²) in [6.07, 6.45) is 5.05. The number of carbonyl (C=O) groups excluding carboxylic acids is 2. The maximum Gasteiger partial charge on any atom is 0.313 e. The van der Waals surface area contributed by atoms with Crippen molar-refractivity contribution in [2.24, 2.45) is 0 Å². The van der Waals surface area contributed by atoms with E-state index in [9.17, 15) is 9.59 Å². The zero-order chi connectivity index (χ0) is 17.5. The first-order valence-electron chi connectivity index (χ1n) is 7.71. The molecule has 3 aromatic rings. The molecule has 0 bridgehead atoms. The van der Waals surface area contributed by atoms with Crippen molar-refractivity contribution in [1.29, 1.82) is 0 Å². The number of aromatic nitrogens is 2. The van der Waals surface area contributed by atoms with E-state index in [1.165, 1.54) is 6.20 Å². The minimum absolute atomic E-state index is 0.278. The SMILES string of the molecule is O=C(NCCc1coc(-c2ccccc2)n1)C(=O)Nc1cccnc1. The molecule has 0 spiro atoms. The van der Waals surface area contributed by atoms with Gasteiger partial charge < -0.3 is 15.1 Å². The number of pyridine rings is 1. The molecule has 0 aliphatic heterocycles. The molecule has 0 aliphatic rings. The van der Waals surface area contributed by atoms with Crippen molar-refractivity contribution in [1.82, 2.24) is 15.3 Å². The van der Waals surface area contributed by atoms with Crippen LogP contribution in [0.25, 0.3) is 11.5 Å². The van der Waals surface area contributed by atoms with Gasteiger partial charge >= 0.3 is 11.8 Å². The minimum Gasteiger partial charge on any atom is -0.444 e. The Morgan fingerprint density at radius 3 is 2.64 bits per heavy atom. The molecule has 0 saturated carbocycles. The van der Waals surface area contributed by atoms with Gasteiger partial charge in [0.2, 0.25) is 5.89 Å². The molecule has 2 N–H and O–H groups in total. The van der Waals surface area contributed by atoms with Gasteiger partial charge in [0.15, 0.2) is 0 Å². The summed E-state index contributed by atoms with van der Waals surface area (Å²) in [5.41, 5.74) is 2.05. The summed E-state index contributed by atoms with van der Waals surface area (Å²) in [6.45, 7) is 0.278. The highest BCUT2D eigenvalue weighted by Crippen LogP contribution is 2.17. The molecule has 0 radical (unpaired) electrons. The second-order valence-corrected chi connectivity index (χ2v) is 5.21. The molecule has 2 heterocycles. The van der Waals surface area contributed by atoms with Crippen molar-refractivity contribution in [2.45, 2.75) is 6.42 Å². The molecular formula is C18H16N4O3. The number of nitrogens with zero attached hydrogens (tertiary/aromatic N) is 2. The highest BCUT2D eigenvalue weighted by molar-refractivity contribution is 6.39. The van der Waals surface area contributed by atoms with Crippen LogP contribution in [0.15, 0.2) is 65.5 Å². The van der Waals surface area contributed by atoms with Gasteiger partial charge in [0.25, 0.3) is 0 Å². The van der Waals surface area contributed by atoms with Crippen LogP contribution in [0.2, 0.25) is 0 Å². The van der Waals surface area contributed by atoms with Gasteiger partial charge in [-0.1, -0.05) is 18.2 Å². The number of hydrogen-bond donors (Lipinski definition) is 2. The lowest BCUT2D eigenvalue weighted by atomic mass is 10.2. The summed E-state index contributed by atoms with van der Waals surface area (Å²) in [4.78, 5) is 31.8. The molecule has 0 atom stereocenters. The second-order valence-electron chi connectivity index (χ2n) is 5.21. The lowest BCUT2D eigenvalue weighted by Crippen LogP contribution is -2.36. The van der Waals surface area contributed by atoms with E-state index in [4.69, 9.17) is 4.42 Å². The number of carbonyl (C=O) groups is 2. The Kier molecular flexibility index (Phi) is 5.16. The minimum atomic E-state index is -0.738. The number of hydrogen-bond acceptors (Lipinski definition) is 5. The summed E-state index contributed by atoms with van der Waals surface area (Å²) in [5, 5.41) is 5.02. The molecule has 126 valence electrons. The first kappa shape index (κ1) is 16.4. The van der Waals surface area contributed by atoms with Gasteiger partial charge in [-0.05, 0) is 24.3 Å². The number of amides is 2. The third-order valence-electron chi connectivity index (χ3n) is 3.36. The number of anilines is 1. The zero-order valence-electron chi connectivity index (χ0n) is 13.3. The maximum absolute atomic E-state index is 11.8. The van der Waals surface area contributed by atoms with Gasteiger partial charge in [0.05, 0.1) is 17.6 Å². The van der Waals surface area contributed by atoms with Crippen LogP contribution in [0.4, 0.5) is 5.69 Å². The van der Waals surface area contributed by atoms with Crippen LogP contribution >= 0.6 is 0 Å². The van der Waals surface area contributed by atoms with E-state index in [0.29, 0.717) is 23.7 Å². The smallest absolute Gasteiger partial charge is 0.313 e. The Bertz CT molecular complexity index is 847. The van der Waals surface area contributed by atoms with Crippen molar-refractivity contribution >= 4 is 17.5 Å². The van der Waals surface area contributed by atoms with Crippen molar-refractivity contribution in [2.75, 3.05) is 11.9 Å². The van der Waals surface area contributed by atoms with E-state index < -0.39 is 11.8 Å². The fraction of sp³-hybridized carbons (Fsp3) is 0.111. The average molecular weight is 336 g/mol. The Morgan fingerprint density at radius 1 is 1.04 bits per heavy atom. The third-order valence-corrected chi connectivity index (χ3v) is 3.36. The van der Waals surface area contributed by atoms with E-state index in [1.807, 2.05) is 30.3 Å². The van der Waals surface area contributed by atoms with Gasteiger partial charge in [0.1, 0.15) is 6.26 Å². The Balaban J connectivity index is 1.47. The summed E-state index contributed by atoms with van der Waals surface area (Å²) in [7, 11) is 0. The average Bonchev–Trinajstić information content (AvgIpc) is 3.12. The number of nitrogens with one attached hydrogen (secondary N) is 2. The fourth-order valence-corrected chi connectivity index (χ4v) is 2.14. The predicted molar refractivity (Wildman–Crippen MR) is 91.5 cm³/mol. The fourth-order valence-electron chi connectivity index (χ4n) is 2.14. The Morgan fingerprint density at radius 2 is 1.88 bits per heavy atom. The molecule has 2 aromatic heterocycles. The zero-order valence-corrected chi connectivity index (χ0v) is 13.3. The van der Waals surface area contributed by atoms with Gasteiger partial charge in [-0.15, -0.1) is 0 Å². The molecule has 25 heavy (non-hydrogen) atoms. The number of rotatable bonds is 5. The molecule has 3 rings (SSSR count). The van der Waals surface area contributed by atoms with E-state index in [2.05, 4.69) is 20.6 Å². The molecule has 0 saturated heterocycles. The normalized spacial score (nSPS) is 10.2. The van der Waals surface area contributed by atoms with Crippen molar-refractivity contribution in [3.05, 3.63) is 66.8 Å².